The normalized spacial score (nSPS) is 21.1. The highest BCUT2D eigenvalue weighted by atomic mass is 16.3. The molecule has 18 heavy (non-hydrogen) atoms. The van der Waals surface area contributed by atoms with E-state index in [2.05, 4.69) is 16.6 Å². The summed E-state index contributed by atoms with van der Waals surface area (Å²) in [4.78, 5) is 11.7. The first kappa shape index (κ1) is 12.6. The fourth-order valence-electron chi connectivity index (χ4n) is 2.22. The van der Waals surface area contributed by atoms with Crippen molar-refractivity contribution in [3.8, 4) is 12.3 Å². The van der Waals surface area contributed by atoms with E-state index in [1.165, 1.54) is 0 Å². The Morgan fingerprint density at radius 3 is 3.06 bits per heavy atom. The molecule has 0 heterocycles. The Morgan fingerprint density at radius 1 is 1.50 bits per heavy atom. The minimum Gasteiger partial charge on any atom is -0.390 e. The molecule has 4 nitrogen and oxygen atoms in total. The van der Waals surface area contributed by atoms with Gasteiger partial charge in [-0.1, -0.05) is 30.2 Å². The van der Waals surface area contributed by atoms with Crippen LogP contribution < -0.4 is 10.6 Å². The minimum atomic E-state index is -0.556. The van der Waals surface area contributed by atoms with Crippen LogP contribution in [-0.4, -0.2) is 30.2 Å². The molecule has 1 aromatic rings. The van der Waals surface area contributed by atoms with Crippen LogP contribution in [0.25, 0.3) is 0 Å². The van der Waals surface area contributed by atoms with Gasteiger partial charge in [0, 0.05) is 6.42 Å². The topological polar surface area (TPSA) is 61.4 Å². The lowest BCUT2D eigenvalue weighted by atomic mass is 10.1. The van der Waals surface area contributed by atoms with Crippen molar-refractivity contribution in [2.24, 2.45) is 0 Å². The van der Waals surface area contributed by atoms with Gasteiger partial charge in [0.15, 0.2) is 0 Å². The first-order chi connectivity index (χ1) is 8.72. The first-order valence-electron chi connectivity index (χ1n) is 5.92. The maximum atomic E-state index is 11.7. The molecule has 1 aliphatic carbocycles. The number of rotatable bonds is 4. The fourth-order valence-corrected chi connectivity index (χ4v) is 2.22. The maximum absolute atomic E-state index is 11.7. The minimum absolute atomic E-state index is 0.161. The van der Waals surface area contributed by atoms with Gasteiger partial charge in [0.2, 0.25) is 5.91 Å². The molecule has 0 aliphatic heterocycles. The Kier molecular flexibility index (Phi) is 3.98. The lowest BCUT2D eigenvalue weighted by Crippen LogP contribution is -2.39. The molecule has 1 aromatic carbocycles. The third-order valence-electron chi connectivity index (χ3n) is 3.03. The zero-order valence-corrected chi connectivity index (χ0v) is 10.0. The van der Waals surface area contributed by atoms with Crippen LogP contribution in [0.3, 0.4) is 0 Å². The molecule has 3 N–H and O–H groups in total. The van der Waals surface area contributed by atoms with Gasteiger partial charge in [-0.2, -0.15) is 0 Å². The third-order valence-corrected chi connectivity index (χ3v) is 3.03. The number of fused-ring (bicyclic) bond motifs is 1. The van der Waals surface area contributed by atoms with Crippen LogP contribution in [0.4, 0.5) is 0 Å². The van der Waals surface area contributed by atoms with E-state index in [1.807, 2.05) is 24.3 Å². The average Bonchev–Trinajstić information content (AvgIpc) is 2.67. The molecular weight excluding hydrogens is 228 g/mol. The summed E-state index contributed by atoms with van der Waals surface area (Å²) in [7, 11) is 0. The molecule has 0 saturated heterocycles. The molecule has 0 radical (unpaired) electrons. The molecule has 0 bridgehead atoms. The highest BCUT2D eigenvalue weighted by molar-refractivity contribution is 5.78. The maximum Gasteiger partial charge on any atom is 0.234 e. The zero-order chi connectivity index (χ0) is 13.0. The third kappa shape index (κ3) is 2.70. The molecule has 2 rings (SSSR count). The molecule has 4 heteroatoms. The van der Waals surface area contributed by atoms with Crippen molar-refractivity contribution in [1.82, 2.24) is 10.6 Å². The number of hydrogen-bond acceptors (Lipinski definition) is 3. The van der Waals surface area contributed by atoms with Gasteiger partial charge in [-0.3, -0.25) is 10.1 Å². The molecule has 1 amide bonds. The van der Waals surface area contributed by atoms with Crippen LogP contribution in [0.15, 0.2) is 24.3 Å². The Bertz CT molecular complexity index is 479. The predicted octanol–water partition coefficient (Wildman–Crippen LogP) is -0.0163. The lowest BCUT2D eigenvalue weighted by molar-refractivity contribution is -0.121. The Hall–Kier alpha value is -1.83. The fraction of sp³-hybridized carbons (Fsp3) is 0.357. The first-order valence-corrected chi connectivity index (χ1v) is 5.92. The Balaban J connectivity index is 1.97. The number of benzene rings is 1. The van der Waals surface area contributed by atoms with E-state index in [-0.39, 0.29) is 18.5 Å². The van der Waals surface area contributed by atoms with Crippen molar-refractivity contribution < 1.29 is 9.90 Å². The van der Waals surface area contributed by atoms with Crippen molar-refractivity contribution in [2.45, 2.75) is 18.6 Å². The van der Waals surface area contributed by atoms with Crippen molar-refractivity contribution in [3.63, 3.8) is 0 Å². The van der Waals surface area contributed by atoms with Crippen LogP contribution in [0.2, 0.25) is 0 Å². The van der Waals surface area contributed by atoms with Crippen LogP contribution in [0.1, 0.15) is 17.2 Å². The van der Waals surface area contributed by atoms with Crippen LogP contribution in [-0.2, 0) is 11.2 Å². The summed E-state index contributed by atoms with van der Waals surface area (Å²) in [5.41, 5.74) is 2.09. The van der Waals surface area contributed by atoms with Gasteiger partial charge in [-0.05, 0) is 11.1 Å². The van der Waals surface area contributed by atoms with Gasteiger partial charge >= 0.3 is 0 Å². The monoisotopic (exact) mass is 244 g/mol. The smallest absolute Gasteiger partial charge is 0.234 e. The van der Waals surface area contributed by atoms with Gasteiger partial charge in [0.05, 0.1) is 25.2 Å². The van der Waals surface area contributed by atoms with E-state index >= 15 is 0 Å². The van der Waals surface area contributed by atoms with E-state index < -0.39 is 6.10 Å². The second kappa shape index (κ2) is 5.67. The number of terminal acetylenes is 1. The summed E-state index contributed by atoms with van der Waals surface area (Å²) < 4.78 is 0. The molecule has 0 aromatic heterocycles. The van der Waals surface area contributed by atoms with E-state index in [0.29, 0.717) is 13.0 Å². The second-order valence-corrected chi connectivity index (χ2v) is 4.32. The number of nitrogens with one attached hydrogen (secondary N) is 2. The van der Waals surface area contributed by atoms with E-state index in [1.54, 1.807) is 0 Å². The van der Waals surface area contributed by atoms with E-state index in [0.717, 1.165) is 11.1 Å². The summed E-state index contributed by atoms with van der Waals surface area (Å²) in [6, 6.07) is 7.44. The number of carbonyl (C=O) groups excluding carboxylic acids is 1. The van der Waals surface area contributed by atoms with Crippen molar-refractivity contribution >= 4 is 5.91 Å². The summed E-state index contributed by atoms with van der Waals surface area (Å²) in [5, 5.41) is 15.6. The number of carbonyl (C=O) groups is 1. The summed E-state index contributed by atoms with van der Waals surface area (Å²) in [6.07, 6.45) is 5.11. The number of aliphatic hydroxyl groups is 1. The van der Waals surface area contributed by atoms with Crippen LogP contribution >= 0.6 is 0 Å². The van der Waals surface area contributed by atoms with Gasteiger partial charge < -0.3 is 10.4 Å². The number of hydrogen-bond donors (Lipinski definition) is 3. The molecule has 2 atom stereocenters. The standard InChI is InChI=1S/C14H16N2O2/c1-2-7-15-9-13(18)16-14-11-6-4-3-5-10(11)8-12(14)17/h1,3-6,12,14-15,17H,7-9H2,(H,16,18)/t12-,14+/m0/s1. The molecule has 1 aliphatic rings. The van der Waals surface area contributed by atoms with E-state index in [4.69, 9.17) is 6.42 Å². The summed E-state index contributed by atoms with van der Waals surface area (Å²) >= 11 is 0. The molecular formula is C14H16N2O2. The highest BCUT2D eigenvalue weighted by Crippen LogP contribution is 2.30. The molecule has 94 valence electrons. The highest BCUT2D eigenvalue weighted by Gasteiger charge is 2.31. The van der Waals surface area contributed by atoms with Crippen LogP contribution in [0, 0.1) is 12.3 Å². The number of amides is 1. The SMILES string of the molecule is C#CCNCC(=O)N[C@@H]1c2ccccc2C[C@@H]1O. The Labute approximate surface area is 106 Å². The summed E-state index contributed by atoms with van der Waals surface area (Å²) in [5.74, 6) is 2.24. The molecule has 0 fully saturated rings. The largest absolute Gasteiger partial charge is 0.390 e. The zero-order valence-electron chi connectivity index (χ0n) is 10.0. The van der Waals surface area contributed by atoms with Crippen molar-refractivity contribution in [3.05, 3.63) is 35.4 Å². The van der Waals surface area contributed by atoms with Gasteiger partial charge in [-0.25, -0.2) is 0 Å². The summed E-state index contributed by atoms with van der Waals surface area (Å²) in [6.45, 7) is 0.521. The van der Waals surface area contributed by atoms with Crippen molar-refractivity contribution in [1.29, 1.82) is 0 Å². The Morgan fingerprint density at radius 2 is 2.28 bits per heavy atom. The molecule has 0 unspecified atom stereocenters. The van der Waals surface area contributed by atoms with Gasteiger partial charge in [-0.15, -0.1) is 6.42 Å². The van der Waals surface area contributed by atoms with Gasteiger partial charge in [0.25, 0.3) is 0 Å². The van der Waals surface area contributed by atoms with Crippen LogP contribution in [0.5, 0.6) is 0 Å². The second-order valence-electron chi connectivity index (χ2n) is 4.32. The van der Waals surface area contributed by atoms with Crippen molar-refractivity contribution in [2.75, 3.05) is 13.1 Å². The predicted molar refractivity (Wildman–Crippen MR) is 68.7 cm³/mol. The molecule has 0 saturated carbocycles. The molecule has 0 spiro atoms. The lowest BCUT2D eigenvalue weighted by Gasteiger charge is -2.17. The quantitative estimate of drug-likeness (QED) is 0.515. The van der Waals surface area contributed by atoms with E-state index in [9.17, 15) is 9.90 Å². The average molecular weight is 244 g/mol. The number of aliphatic hydroxyl groups excluding tert-OH is 1. The van der Waals surface area contributed by atoms with Gasteiger partial charge in [0.1, 0.15) is 0 Å².